The zero-order valence-corrected chi connectivity index (χ0v) is 20.5. The van der Waals surface area contributed by atoms with Gasteiger partial charge in [0.05, 0.1) is 23.3 Å². The summed E-state index contributed by atoms with van der Waals surface area (Å²) < 4.78 is 46.5. The summed E-state index contributed by atoms with van der Waals surface area (Å²) in [6, 6.07) is 10.9. The molecule has 2 aromatic heterocycles. The molecule has 5 rings (SSSR count). The number of halogens is 1. The van der Waals surface area contributed by atoms with Gasteiger partial charge in [0, 0.05) is 35.0 Å². The Balaban J connectivity index is 1.26. The third-order valence-corrected chi connectivity index (χ3v) is 8.74. The molecule has 0 spiro atoms. The molecule has 1 amide bonds. The smallest absolute Gasteiger partial charge is 0.243 e. The highest BCUT2D eigenvalue weighted by Crippen LogP contribution is 2.28. The van der Waals surface area contributed by atoms with Gasteiger partial charge >= 0.3 is 0 Å². The zero-order chi connectivity index (χ0) is 24.4. The zero-order valence-electron chi connectivity index (χ0n) is 18.9. The second-order valence-electron chi connectivity index (χ2n) is 8.51. The lowest BCUT2D eigenvalue weighted by Crippen LogP contribution is -2.31. The van der Waals surface area contributed by atoms with Gasteiger partial charge < -0.3 is 9.73 Å². The number of nitrogens with one attached hydrogen (secondary N) is 1. The fourth-order valence-corrected chi connectivity index (χ4v) is 6.47. The van der Waals surface area contributed by atoms with E-state index >= 15 is 0 Å². The lowest BCUT2D eigenvalue weighted by atomic mass is 10.1. The Hall–Kier alpha value is -3.08. The Morgan fingerprint density at radius 2 is 1.83 bits per heavy atom. The van der Waals surface area contributed by atoms with E-state index in [2.05, 4.69) is 10.3 Å². The number of amides is 1. The highest BCUT2D eigenvalue weighted by molar-refractivity contribution is 7.89. The number of hydrogen-bond acceptors (Lipinski definition) is 6. The van der Waals surface area contributed by atoms with Crippen LogP contribution in [0.4, 0.5) is 9.52 Å². The lowest BCUT2D eigenvalue weighted by Gasteiger charge is -2.19. The van der Waals surface area contributed by atoms with Crippen LogP contribution in [0.25, 0.3) is 22.2 Å². The van der Waals surface area contributed by atoms with E-state index in [9.17, 15) is 17.6 Å². The van der Waals surface area contributed by atoms with E-state index in [1.54, 1.807) is 34.0 Å². The second-order valence-corrected chi connectivity index (χ2v) is 11.3. The van der Waals surface area contributed by atoms with Crippen molar-refractivity contribution in [1.29, 1.82) is 0 Å². The fourth-order valence-electron chi connectivity index (χ4n) is 4.22. The summed E-state index contributed by atoms with van der Waals surface area (Å²) in [6.45, 7) is 1.12. The number of anilines is 1. The van der Waals surface area contributed by atoms with Crippen LogP contribution in [0.5, 0.6) is 0 Å². The number of hydrogen-bond donors (Lipinski definition) is 1. The molecular formula is C25H24FN3O4S2. The maximum absolute atomic E-state index is 13.6. The third kappa shape index (κ3) is 5.14. The molecule has 1 aliphatic rings. The van der Waals surface area contributed by atoms with E-state index < -0.39 is 15.8 Å². The van der Waals surface area contributed by atoms with Crippen LogP contribution in [0.15, 0.2) is 63.4 Å². The van der Waals surface area contributed by atoms with E-state index in [1.807, 2.05) is 0 Å². The molecule has 1 N–H and O–H groups in total. The number of furan rings is 1. The Kier molecular flexibility index (Phi) is 6.68. The number of carbonyl (C=O) groups excluding carboxylic acids is 1. The van der Waals surface area contributed by atoms with Gasteiger partial charge in [-0.25, -0.2) is 17.8 Å². The van der Waals surface area contributed by atoms with Crippen molar-refractivity contribution in [2.75, 3.05) is 18.4 Å². The Morgan fingerprint density at radius 3 is 2.57 bits per heavy atom. The Bertz CT molecular complexity index is 1450. The van der Waals surface area contributed by atoms with E-state index in [1.165, 1.54) is 35.8 Å². The normalized spacial score (nSPS) is 15.2. The summed E-state index contributed by atoms with van der Waals surface area (Å²) in [4.78, 5) is 17.3. The summed E-state index contributed by atoms with van der Waals surface area (Å²) in [6.07, 6.45) is 5.37. The molecule has 10 heteroatoms. The largest absolute Gasteiger partial charge is 0.464 e. The van der Waals surface area contributed by atoms with Gasteiger partial charge in [-0.3, -0.25) is 4.79 Å². The minimum Gasteiger partial charge on any atom is -0.464 e. The van der Waals surface area contributed by atoms with E-state index in [4.69, 9.17) is 4.42 Å². The van der Waals surface area contributed by atoms with Crippen LogP contribution < -0.4 is 5.32 Å². The van der Waals surface area contributed by atoms with Gasteiger partial charge in [-0.2, -0.15) is 4.31 Å². The maximum atomic E-state index is 13.6. The van der Waals surface area contributed by atoms with Gasteiger partial charge in [-0.15, -0.1) is 11.3 Å². The summed E-state index contributed by atoms with van der Waals surface area (Å²) >= 11 is 1.27. The van der Waals surface area contributed by atoms with Crippen molar-refractivity contribution in [3.8, 4) is 11.3 Å². The van der Waals surface area contributed by atoms with Crippen molar-refractivity contribution >= 4 is 43.4 Å². The molecule has 0 radical (unpaired) electrons. The second kappa shape index (κ2) is 9.88. The molecular weight excluding hydrogens is 489 g/mol. The predicted molar refractivity (Wildman–Crippen MR) is 133 cm³/mol. The van der Waals surface area contributed by atoms with Crippen molar-refractivity contribution in [2.24, 2.45) is 0 Å². The minimum absolute atomic E-state index is 0.0222. The molecule has 2 aromatic carbocycles. The molecule has 35 heavy (non-hydrogen) atoms. The first kappa shape index (κ1) is 23.7. The predicted octanol–water partition coefficient (Wildman–Crippen LogP) is 5.44. The van der Waals surface area contributed by atoms with Crippen molar-refractivity contribution in [1.82, 2.24) is 9.29 Å². The SMILES string of the molecule is O=C(Cc1coc2ccc(F)cc12)Nc1nc(-c2ccc(S(=O)(=O)N3CCCCCC3)cc2)cs1. The molecule has 1 saturated heterocycles. The van der Waals surface area contributed by atoms with Crippen molar-refractivity contribution in [3.63, 3.8) is 0 Å². The average molecular weight is 514 g/mol. The molecule has 7 nitrogen and oxygen atoms in total. The maximum Gasteiger partial charge on any atom is 0.243 e. The molecule has 1 aliphatic heterocycles. The summed E-state index contributed by atoms with van der Waals surface area (Å²) in [5, 5.41) is 5.55. The first-order valence-electron chi connectivity index (χ1n) is 11.4. The van der Waals surface area contributed by atoms with E-state index in [0.717, 1.165) is 31.2 Å². The average Bonchev–Trinajstić information content (AvgIpc) is 3.36. The number of aromatic nitrogens is 1. The van der Waals surface area contributed by atoms with Gasteiger partial charge in [-0.1, -0.05) is 25.0 Å². The van der Waals surface area contributed by atoms with Crippen molar-refractivity contribution < 1.29 is 22.0 Å². The minimum atomic E-state index is -3.51. The van der Waals surface area contributed by atoms with Crippen molar-refractivity contribution in [3.05, 3.63) is 65.5 Å². The van der Waals surface area contributed by atoms with Crippen LogP contribution in [-0.4, -0.2) is 36.7 Å². The number of benzene rings is 2. The Morgan fingerprint density at radius 1 is 1.09 bits per heavy atom. The standard InChI is InChI=1S/C25H24FN3O4S2/c26-19-7-10-23-21(14-19)18(15-33-23)13-24(30)28-25-27-22(16-34-25)17-5-8-20(9-6-17)35(31,32)29-11-3-1-2-4-12-29/h5-10,14-16H,1-4,11-13H2,(H,27,28,30). The van der Waals surface area contributed by atoms with Crippen molar-refractivity contribution in [2.45, 2.75) is 37.0 Å². The molecule has 1 fully saturated rings. The van der Waals surface area contributed by atoms with Gasteiger partial charge in [0.25, 0.3) is 0 Å². The third-order valence-electron chi connectivity index (χ3n) is 6.07. The number of rotatable bonds is 6. The van der Waals surface area contributed by atoms with Crippen LogP contribution in [0.3, 0.4) is 0 Å². The van der Waals surface area contributed by atoms with E-state index in [-0.39, 0.29) is 17.2 Å². The summed E-state index contributed by atoms with van der Waals surface area (Å²) in [7, 11) is -3.51. The quantitative estimate of drug-likeness (QED) is 0.371. The molecule has 3 heterocycles. The molecule has 0 aliphatic carbocycles. The number of thiazole rings is 1. The van der Waals surface area contributed by atoms with Gasteiger partial charge in [0.15, 0.2) is 5.13 Å². The van der Waals surface area contributed by atoms with Gasteiger partial charge in [0.1, 0.15) is 11.4 Å². The van der Waals surface area contributed by atoms with Crippen LogP contribution >= 0.6 is 11.3 Å². The first-order valence-corrected chi connectivity index (χ1v) is 13.7. The lowest BCUT2D eigenvalue weighted by molar-refractivity contribution is -0.115. The van der Waals surface area contributed by atoms with Crippen LogP contribution in [0.1, 0.15) is 31.2 Å². The molecule has 182 valence electrons. The molecule has 0 bridgehead atoms. The van der Waals surface area contributed by atoms with Crippen LogP contribution in [0, 0.1) is 5.82 Å². The van der Waals surface area contributed by atoms with Gasteiger partial charge in [0.2, 0.25) is 15.9 Å². The molecule has 0 saturated carbocycles. The topological polar surface area (TPSA) is 92.5 Å². The molecule has 0 unspecified atom stereocenters. The van der Waals surface area contributed by atoms with E-state index in [0.29, 0.717) is 40.4 Å². The number of sulfonamides is 1. The summed E-state index contributed by atoms with van der Waals surface area (Å²) in [5.74, 6) is -0.688. The number of fused-ring (bicyclic) bond motifs is 1. The highest BCUT2D eigenvalue weighted by atomic mass is 32.2. The fraction of sp³-hybridized carbons (Fsp3) is 0.280. The Labute approximate surface area is 206 Å². The first-order chi connectivity index (χ1) is 16.9. The van der Waals surface area contributed by atoms with Crippen LogP contribution in [-0.2, 0) is 21.2 Å². The van der Waals surface area contributed by atoms with Gasteiger partial charge in [-0.05, 0) is 43.2 Å². The molecule has 0 atom stereocenters. The monoisotopic (exact) mass is 513 g/mol. The number of carbonyl (C=O) groups is 1. The molecule has 4 aromatic rings. The summed E-state index contributed by atoms with van der Waals surface area (Å²) in [5.41, 5.74) is 2.51. The highest BCUT2D eigenvalue weighted by Gasteiger charge is 2.25. The van der Waals surface area contributed by atoms with Crippen LogP contribution in [0.2, 0.25) is 0 Å². The number of nitrogens with zero attached hydrogens (tertiary/aromatic N) is 2.